The fourth-order valence-electron chi connectivity index (χ4n) is 1.52. The second kappa shape index (κ2) is 2.96. The molecule has 1 unspecified atom stereocenters. The maximum absolute atomic E-state index is 8.54. The first-order valence-electron chi connectivity index (χ1n) is 3.99. The number of rotatable bonds is 1. The van der Waals surface area contributed by atoms with Crippen molar-refractivity contribution in [2.45, 2.75) is 12.5 Å². The molecule has 12 heavy (non-hydrogen) atoms. The molecular formula is C10H9NO. The Balaban J connectivity index is 2.22. The van der Waals surface area contributed by atoms with Crippen molar-refractivity contribution in [3.05, 3.63) is 35.5 Å². The van der Waals surface area contributed by atoms with Crippen LogP contribution in [0.3, 0.4) is 0 Å². The van der Waals surface area contributed by atoms with Crippen LogP contribution >= 0.6 is 0 Å². The van der Waals surface area contributed by atoms with Crippen molar-refractivity contribution in [1.29, 1.82) is 5.26 Å². The van der Waals surface area contributed by atoms with Crippen molar-refractivity contribution in [2.75, 3.05) is 6.61 Å². The molecular weight excluding hydrogens is 150 g/mol. The van der Waals surface area contributed by atoms with Crippen molar-refractivity contribution in [3.8, 4) is 6.07 Å². The first kappa shape index (κ1) is 7.33. The third-order valence-corrected chi connectivity index (χ3v) is 2.11. The highest BCUT2D eigenvalue weighted by molar-refractivity contribution is 5.51. The molecule has 0 spiro atoms. The quantitative estimate of drug-likeness (QED) is 0.583. The molecule has 2 aliphatic rings. The summed E-state index contributed by atoms with van der Waals surface area (Å²) in [4.78, 5) is 0. The fraction of sp³-hybridized carbons (Fsp3) is 0.300. The summed E-state index contributed by atoms with van der Waals surface area (Å²) in [6.07, 6.45) is 8.56. The standard InChI is InChI=1S/C10H9NO/c11-6-4-10-9-3-1-2-8(9)5-7-12-10/h1-3,5,10H,4,7H2. The smallest absolute Gasteiger partial charge is 0.0964 e. The van der Waals surface area contributed by atoms with E-state index >= 15 is 0 Å². The van der Waals surface area contributed by atoms with Gasteiger partial charge in [0.2, 0.25) is 0 Å². The minimum Gasteiger partial charge on any atom is -0.368 e. The second-order valence-corrected chi connectivity index (χ2v) is 2.82. The number of hydrogen-bond donors (Lipinski definition) is 0. The van der Waals surface area contributed by atoms with E-state index in [2.05, 4.69) is 12.1 Å². The van der Waals surface area contributed by atoms with Crippen LogP contribution in [0.5, 0.6) is 0 Å². The Hall–Kier alpha value is -1.33. The predicted octanol–water partition coefficient (Wildman–Crippen LogP) is 1.72. The summed E-state index contributed by atoms with van der Waals surface area (Å²) < 4.78 is 5.43. The second-order valence-electron chi connectivity index (χ2n) is 2.82. The lowest BCUT2D eigenvalue weighted by Crippen LogP contribution is -2.19. The highest BCUT2D eigenvalue weighted by atomic mass is 16.5. The number of fused-ring (bicyclic) bond motifs is 1. The molecule has 1 heterocycles. The average Bonchev–Trinajstić information content (AvgIpc) is 2.53. The Bertz CT molecular complexity index is 317. The Morgan fingerprint density at radius 3 is 3.42 bits per heavy atom. The van der Waals surface area contributed by atoms with E-state index in [-0.39, 0.29) is 6.10 Å². The summed E-state index contributed by atoms with van der Waals surface area (Å²) in [5.41, 5.74) is 2.38. The summed E-state index contributed by atoms with van der Waals surface area (Å²) in [5, 5.41) is 8.54. The van der Waals surface area contributed by atoms with E-state index in [0.717, 1.165) is 5.57 Å². The number of allylic oxidation sites excluding steroid dienone is 3. The minimum absolute atomic E-state index is 0.00926. The van der Waals surface area contributed by atoms with Crippen molar-refractivity contribution in [1.82, 2.24) is 0 Å². The Labute approximate surface area is 71.4 Å². The molecule has 0 bridgehead atoms. The van der Waals surface area contributed by atoms with E-state index in [1.807, 2.05) is 18.2 Å². The molecule has 0 fully saturated rings. The molecule has 1 atom stereocenters. The lowest BCUT2D eigenvalue weighted by atomic mass is 9.99. The van der Waals surface area contributed by atoms with Gasteiger partial charge in [-0.3, -0.25) is 0 Å². The number of nitrogens with zero attached hydrogens (tertiary/aromatic N) is 1. The van der Waals surface area contributed by atoms with Crippen LogP contribution in [0.15, 0.2) is 35.5 Å². The summed E-state index contributed by atoms with van der Waals surface area (Å²) >= 11 is 0. The molecule has 0 amide bonds. The number of ether oxygens (including phenoxy) is 1. The predicted molar refractivity (Wildman–Crippen MR) is 45.3 cm³/mol. The van der Waals surface area contributed by atoms with Crippen LogP contribution in [0.2, 0.25) is 0 Å². The zero-order valence-corrected chi connectivity index (χ0v) is 6.66. The first-order chi connectivity index (χ1) is 5.92. The van der Waals surface area contributed by atoms with Gasteiger partial charge in [0, 0.05) is 0 Å². The summed E-state index contributed by atoms with van der Waals surface area (Å²) in [5.74, 6) is 0. The van der Waals surface area contributed by atoms with E-state index in [0.29, 0.717) is 13.0 Å². The number of nitriles is 1. The highest BCUT2D eigenvalue weighted by Gasteiger charge is 2.21. The van der Waals surface area contributed by atoms with Crippen LogP contribution in [-0.2, 0) is 4.74 Å². The molecule has 60 valence electrons. The summed E-state index contributed by atoms with van der Waals surface area (Å²) in [6.45, 7) is 0.628. The van der Waals surface area contributed by atoms with Crippen molar-refractivity contribution < 1.29 is 4.74 Å². The van der Waals surface area contributed by atoms with E-state index < -0.39 is 0 Å². The summed E-state index contributed by atoms with van der Waals surface area (Å²) in [6, 6.07) is 2.13. The van der Waals surface area contributed by atoms with Gasteiger partial charge in [-0.2, -0.15) is 5.26 Å². The third-order valence-electron chi connectivity index (χ3n) is 2.11. The van der Waals surface area contributed by atoms with E-state index in [9.17, 15) is 0 Å². The average molecular weight is 159 g/mol. The van der Waals surface area contributed by atoms with Gasteiger partial charge in [-0.25, -0.2) is 0 Å². The molecule has 0 saturated carbocycles. The van der Waals surface area contributed by atoms with Crippen LogP contribution in [0.1, 0.15) is 6.42 Å². The molecule has 2 rings (SSSR count). The monoisotopic (exact) mass is 159 g/mol. The van der Waals surface area contributed by atoms with Gasteiger partial charge in [-0.15, -0.1) is 0 Å². The molecule has 1 aliphatic carbocycles. The Kier molecular flexibility index (Phi) is 1.81. The van der Waals surface area contributed by atoms with Gasteiger partial charge in [0.1, 0.15) is 0 Å². The van der Waals surface area contributed by atoms with Crippen LogP contribution in [-0.4, -0.2) is 12.7 Å². The Morgan fingerprint density at radius 2 is 2.58 bits per heavy atom. The summed E-state index contributed by atoms with van der Waals surface area (Å²) in [7, 11) is 0. The van der Waals surface area contributed by atoms with Crippen LogP contribution in [0, 0.1) is 11.3 Å². The van der Waals surface area contributed by atoms with Gasteiger partial charge in [-0.05, 0) is 11.1 Å². The molecule has 0 aromatic carbocycles. The molecule has 0 aromatic heterocycles. The SMILES string of the molecule is N#CCC1OCC=C2C=CC=C21. The Morgan fingerprint density at radius 1 is 1.67 bits per heavy atom. The van der Waals surface area contributed by atoms with E-state index in [1.165, 1.54) is 5.57 Å². The third kappa shape index (κ3) is 1.09. The van der Waals surface area contributed by atoms with Crippen LogP contribution < -0.4 is 0 Å². The molecule has 2 nitrogen and oxygen atoms in total. The van der Waals surface area contributed by atoms with E-state index in [4.69, 9.17) is 10.00 Å². The maximum Gasteiger partial charge on any atom is 0.0964 e. The number of hydrogen-bond acceptors (Lipinski definition) is 2. The van der Waals surface area contributed by atoms with Gasteiger partial charge in [0.15, 0.2) is 0 Å². The highest BCUT2D eigenvalue weighted by Crippen LogP contribution is 2.28. The molecule has 0 N–H and O–H groups in total. The molecule has 2 heteroatoms. The molecule has 1 aliphatic heterocycles. The van der Waals surface area contributed by atoms with Gasteiger partial charge in [0.25, 0.3) is 0 Å². The van der Waals surface area contributed by atoms with Gasteiger partial charge in [-0.1, -0.05) is 24.3 Å². The van der Waals surface area contributed by atoms with Crippen LogP contribution in [0.4, 0.5) is 0 Å². The maximum atomic E-state index is 8.54. The van der Waals surface area contributed by atoms with Crippen molar-refractivity contribution in [2.24, 2.45) is 0 Å². The van der Waals surface area contributed by atoms with Crippen LogP contribution in [0.25, 0.3) is 0 Å². The van der Waals surface area contributed by atoms with Crippen molar-refractivity contribution in [3.63, 3.8) is 0 Å². The lowest BCUT2D eigenvalue weighted by molar-refractivity contribution is 0.0991. The molecule has 0 aromatic rings. The van der Waals surface area contributed by atoms with Crippen molar-refractivity contribution >= 4 is 0 Å². The zero-order valence-electron chi connectivity index (χ0n) is 6.66. The largest absolute Gasteiger partial charge is 0.368 e. The fourth-order valence-corrected chi connectivity index (χ4v) is 1.52. The molecule has 0 radical (unpaired) electrons. The lowest BCUT2D eigenvalue weighted by Gasteiger charge is -2.21. The normalized spacial score (nSPS) is 25.8. The van der Waals surface area contributed by atoms with Gasteiger partial charge < -0.3 is 4.74 Å². The van der Waals surface area contributed by atoms with E-state index in [1.54, 1.807) is 0 Å². The minimum atomic E-state index is -0.00926. The molecule has 0 saturated heterocycles. The topological polar surface area (TPSA) is 33.0 Å². The zero-order chi connectivity index (χ0) is 8.39. The first-order valence-corrected chi connectivity index (χ1v) is 3.99. The van der Waals surface area contributed by atoms with Gasteiger partial charge in [0.05, 0.1) is 25.2 Å². The van der Waals surface area contributed by atoms with Gasteiger partial charge >= 0.3 is 0 Å².